The molecule has 1 atom stereocenters. The monoisotopic (exact) mass is 213 g/mol. The Kier molecular flexibility index (Phi) is 4.94. The van der Waals surface area contributed by atoms with Gasteiger partial charge in [-0.05, 0) is 31.0 Å². The van der Waals surface area contributed by atoms with Crippen LogP contribution in [-0.2, 0) is 4.84 Å². The van der Waals surface area contributed by atoms with E-state index in [2.05, 4.69) is 12.4 Å². The molecule has 0 heterocycles. The zero-order chi connectivity index (χ0) is 10.4. The molecule has 0 aromatic heterocycles. The van der Waals surface area contributed by atoms with Gasteiger partial charge in [0.15, 0.2) is 0 Å². The Bertz CT molecular complexity index is 278. The maximum absolute atomic E-state index is 5.91. The Labute approximate surface area is 90.2 Å². The van der Waals surface area contributed by atoms with Crippen molar-refractivity contribution >= 4 is 11.6 Å². The molecule has 0 saturated carbocycles. The van der Waals surface area contributed by atoms with Gasteiger partial charge in [-0.3, -0.25) is 0 Å². The molecule has 78 valence electrons. The fraction of sp³-hybridized carbons (Fsp3) is 0.455. The van der Waals surface area contributed by atoms with Gasteiger partial charge in [-0.25, -0.2) is 0 Å². The fourth-order valence-electron chi connectivity index (χ4n) is 1.29. The van der Waals surface area contributed by atoms with Crippen LogP contribution in [0.4, 0.5) is 0 Å². The van der Waals surface area contributed by atoms with Crippen LogP contribution in [0.2, 0.25) is 5.02 Å². The molecule has 1 aromatic rings. The summed E-state index contributed by atoms with van der Waals surface area (Å²) in [4.78, 5) is 5.19. The van der Waals surface area contributed by atoms with Crippen LogP contribution in [0.15, 0.2) is 24.3 Å². The van der Waals surface area contributed by atoms with Crippen molar-refractivity contribution in [1.29, 1.82) is 0 Å². The number of nitrogens with one attached hydrogen (secondary N) is 1. The third-order valence-electron chi connectivity index (χ3n) is 2.03. The van der Waals surface area contributed by atoms with Crippen molar-refractivity contribution in [3.63, 3.8) is 0 Å². The molecule has 1 rings (SSSR count). The number of rotatable bonds is 5. The molecular formula is C11H16ClNO. The molecule has 0 amide bonds. The van der Waals surface area contributed by atoms with Gasteiger partial charge in [-0.1, -0.05) is 30.7 Å². The Morgan fingerprint density at radius 1 is 1.43 bits per heavy atom. The van der Waals surface area contributed by atoms with Crippen LogP contribution < -0.4 is 5.48 Å². The van der Waals surface area contributed by atoms with Crippen molar-refractivity contribution in [2.24, 2.45) is 0 Å². The Balaban J connectivity index is 2.68. The van der Waals surface area contributed by atoms with E-state index >= 15 is 0 Å². The molecule has 1 unspecified atom stereocenters. The summed E-state index contributed by atoms with van der Waals surface area (Å²) in [6.07, 6.45) is 0.973. The number of benzene rings is 1. The van der Waals surface area contributed by atoms with E-state index in [1.165, 1.54) is 0 Å². The van der Waals surface area contributed by atoms with Gasteiger partial charge in [0, 0.05) is 5.02 Å². The van der Waals surface area contributed by atoms with Crippen LogP contribution in [0.25, 0.3) is 0 Å². The summed E-state index contributed by atoms with van der Waals surface area (Å²) in [7, 11) is 0. The first-order valence-corrected chi connectivity index (χ1v) is 5.28. The van der Waals surface area contributed by atoms with E-state index in [9.17, 15) is 0 Å². The Morgan fingerprint density at radius 2 is 2.21 bits per heavy atom. The molecule has 0 fully saturated rings. The van der Waals surface area contributed by atoms with Crippen molar-refractivity contribution in [2.75, 3.05) is 6.61 Å². The van der Waals surface area contributed by atoms with E-state index in [4.69, 9.17) is 16.4 Å². The predicted octanol–water partition coefficient (Wildman–Crippen LogP) is 3.33. The van der Waals surface area contributed by atoms with Crippen LogP contribution in [-0.4, -0.2) is 6.61 Å². The molecule has 0 spiro atoms. The van der Waals surface area contributed by atoms with Crippen LogP contribution in [0, 0.1) is 0 Å². The molecule has 0 saturated heterocycles. The second-order valence-electron chi connectivity index (χ2n) is 3.07. The molecular weight excluding hydrogens is 198 g/mol. The molecule has 0 radical (unpaired) electrons. The second-order valence-corrected chi connectivity index (χ2v) is 3.50. The first-order chi connectivity index (χ1) is 6.77. The van der Waals surface area contributed by atoms with Crippen LogP contribution in [0.5, 0.6) is 0 Å². The summed E-state index contributed by atoms with van der Waals surface area (Å²) in [6.45, 7) is 4.73. The first-order valence-electron chi connectivity index (χ1n) is 4.90. The zero-order valence-corrected chi connectivity index (χ0v) is 9.34. The summed E-state index contributed by atoms with van der Waals surface area (Å²) in [5.41, 5.74) is 4.16. The van der Waals surface area contributed by atoms with E-state index in [0.29, 0.717) is 6.61 Å². The lowest BCUT2D eigenvalue weighted by atomic mass is 10.1. The standard InChI is InChI=1S/C11H16ClNO/c1-3-11(13-14-4-2)9-6-5-7-10(12)8-9/h5-8,11,13H,3-4H2,1-2H3. The third-order valence-corrected chi connectivity index (χ3v) is 2.26. The minimum absolute atomic E-state index is 0.216. The molecule has 1 aromatic carbocycles. The maximum Gasteiger partial charge on any atom is 0.0654 e. The maximum atomic E-state index is 5.91. The van der Waals surface area contributed by atoms with Crippen molar-refractivity contribution in [3.8, 4) is 0 Å². The largest absolute Gasteiger partial charge is 0.302 e. The predicted molar refractivity (Wildman–Crippen MR) is 59.2 cm³/mol. The summed E-state index contributed by atoms with van der Waals surface area (Å²) < 4.78 is 0. The minimum atomic E-state index is 0.216. The first kappa shape index (κ1) is 11.5. The van der Waals surface area contributed by atoms with Gasteiger partial charge in [0.2, 0.25) is 0 Å². The average Bonchev–Trinajstić information content (AvgIpc) is 2.19. The summed E-state index contributed by atoms with van der Waals surface area (Å²) in [5, 5.41) is 0.763. The average molecular weight is 214 g/mol. The van der Waals surface area contributed by atoms with E-state index in [1.54, 1.807) is 0 Å². The second kappa shape index (κ2) is 6.02. The van der Waals surface area contributed by atoms with Crippen molar-refractivity contribution in [3.05, 3.63) is 34.9 Å². The zero-order valence-electron chi connectivity index (χ0n) is 8.59. The summed E-state index contributed by atoms with van der Waals surface area (Å²) >= 11 is 5.91. The highest BCUT2D eigenvalue weighted by Crippen LogP contribution is 2.19. The van der Waals surface area contributed by atoms with Gasteiger partial charge in [-0.2, -0.15) is 5.48 Å². The molecule has 3 heteroatoms. The van der Waals surface area contributed by atoms with Gasteiger partial charge in [0.25, 0.3) is 0 Å². The molecule has 0 aliphatic rings. The minimum Gasteiger partial charge on any atom is -0.302 e. The number of hydrogen-bond donors (Lipinski definition) is 1. The topological polar surface area (TPSA) is 21.3 Å². The van der Waals surface area contributed by atoms with Gasteiger partial charge in [0.05, 0.1) is 12.6 Å². The van der Waals surface area contributed by atoms with Crippen molar-refractivity contribution in [2.45, 2.75) is 26.3 Å². The van der Waals surface area contributed by atoms with E-state index in [0.717, 1.165) is 17.0 Å². The van der Waals surface area contributed by atoms with Gasteiger partial charge >= 0.3 is 0 Å². The Hall–Kier alpha value is -0.570. The van der Waals surface area contributed by atoms with Crippen LogP contribution in [0.3, 0.4) is 0 Å². The quantitative estimate of drug-likeness (QED) is 0.758. The number of halogens is 1. The highest BCUT2D eigenvalue weighted by atomic mass is 35.5. The molecule has 0 aliphatic heterocycles. The summed E-state index contributed by atoms with van der Waals surface area (Å²) in [6, 6.07) is 8.05. The SMILES string of the molecule is CCONC(CC)c1cccc(Cl)c1. The number of hydroxylamine groups is 1. The highest BCUT2D eigenvalue weighted by Gasteiger charge is 2.08. The van der Waals surface area contributed by atoms with E-state index in [1.807, 2.05) is 31.2 Å². The van der Waals surface area contributed by atoms with Gasteiger partial charge in [0.1, 0.15) is 0 Å². The lowest BCUT2D eigenvalue weighted by Crippen LogP contribution is -2.20. The molecule has 1 N–H and O–H groups in total. The highest BCUT2D eigenvalue weighted by molar-refractivity contribution is 6.30. The van der Waals surface area contributed by atoms with Gasteiger partial charge < -0.3 is 4.84 Å². The lowest BCUT2D eigenvalue weighted by molar-refractivity contribution is 0.0230. The molecule has 0 bridgehead atoms. The Morgan fingerprint density at radius 3 is 2.79 bits per heavy atom. The molecule has 0 aliphatic carbocycles. The van der Waals surface area contributed by atoms with Crippen LogP contribution in [0.1, 0.15) is 31.9 Å². The smallest absolute Gasteiger partial charge is 0.0654 e. The normalized spacial score (nSPS) is 12.8. The number of hydrogen-bond acceptors (Lipinski definition) is 2. The molecule has 2 nitrogen and oxygen atoms in total. The van der Waals surface area contributed by atoms with E-state index < -0.39 is 0 Å². The van der Waals surface area contributed by atoms with Crippen molar-refractivity contribution < 1.29 is 4.84 Å². The third kappa shape index (κ3) is 3.29. The van der Waals surface area contributed by atoms with Crippen LogP contribution >= 0.6 is 11.6 Å². The lowest BCUT2D eigenvalue weighted by Gasteiger charge is -2.16. The van der Waals surface area contributed by atoms with Gasteiger partial charge in [-0.15, -0.1) is 0 Å². The fourth-order valence-corrected chi connectivity index (χ4v) is 1.49. The van der Waals surface area contributed by atoms with Crippen molar-refractivity contribution in [1.82, 2.24) is 5.48 Å². The molecule has 14 heavy (non-hydrogen) atoms. The van der Waals surface area contributed by atoms with E-state index in [-0.39, 0.29) is 6.04 Å². The summed E-state index contributed by atoms with van der Waals surface area (Å²) in [5.74, 6) is 0.